The van der Waals surface area contributed by atoms with Crippen LogP contribution in [0.25, 0.3) is 0 Å². The summed E-state index contributed by atoms with van der Waals surface area (Å²) < 4.78 is 0. The number of allylic oxidation sites excluding steroid dienone is 2. The molecule has 0 heterocycles. The molecular weight excluding hydrogens is 96.1 g/mol. The van der Waals surface area contributed by atoms with E-state index in [2.05, 4.69) is 13.8 Å². The highest BCUT2D eigenvalue weighted by atomic mass is 14.5. The molecule has 0 saturated heterocycles. The Morgan fingerprint density at radius 3 is 2.50 bits per heavy atom. The first-order valence-electron chi connectivity index (χ1n) is 3.56. The molecule has 1 fully saturated rings. The fraction of sp³-hybridized carbons (Fsp3) is 0.750. The molecule has 2 unspecified atom stereocenters. The largest absolute Gasteiger partial charge is 0.0632 e. The zero-order chi connectivity index (χ0) is 5.72. The maximum absolute atomic E-state index is 2.36. The van der Waals surface area contributed by atoms with Crippen LogP contribution in [0.4, 0.5) is 0 Å². The molecule has 0 aromatic rings. The molecule has 2 aliphatic carbocycles. The van der Waals surface area contributed by atoms with Gasteiger partial charge in [-0.2, -0.15) is 0 Å². The third-order valence-electron chi connectivity index (χ3n) is 2.57. The van der Waals surface area contributed by atoms with Crippen LogP contribution in [-0.4, -0.2) is 0 Å². The lowest BCUT2D eigenvalue weighted by atomic mass is 9.85. The molecule has 0 spiro atoms. The van der Waals surface area contributed by atoms with Crippen molar-refractivity contribution in [2.24, 2.45) is 11.8 Å². The highest BCUT2D eigenvalue weighted by molar-refractivity contribution is 5.48. The lowest BCUT2D eigenvalue weighted by Crippen LogP contribution is -2.10. The summed E-state index contributed by atoms with van der Waals surface area (Å²) in [5.74, 6) is 2.03. The van der Waals surface area contributed by atoms with Crippen LogP contribution in [0.5, 0.6) is 0 Å². The Bertz CT molecular complexity index is 153. The van der Waals surface area contributed by atoms with Crippen molar-refractivity contribution in [1.29, 1.82) is 0 Å². The summed E-state index contributed by atoms with van der Waals surface area (Å²) in [6.07, 6.45) is 2.75. The predicted molar refractivity (Wildman–Crippen MR) is 34.6 cm³/mol. The first-order chi connectivity index (χ1) is 3.84. The summed E-state index contributed by atoms with van der Waals surface area (Å²) in [5.41, 5.74) is 3.59. The predicted octanol–water partition coefficient (Wildman–Crippen LogP) is 2.36. The molecule has 0 aromatic heterocycles. The maximum Gasteiger partial charge on any atom is 0.00414 e. The van der Waals surface area contributed by atoms with Gasteiger partial charge in [-0.25, -0.2) is 0 Å². The van der Waals surface area contributed by atoms with Gasteiger partial charge in [-0.15, -0.1) is 0 Å². The van der Waals surface area contributed by atoms with E-state index in [1.807, 2.05) is 0 Å². The minimum atomic E-state index is 1.01. The summed E-state index contributed by atoms with van der Waals surface area (Å²) in [5, 5.41) is 0. The second kappa shape index (κ2) is 1.18. The van der Waals surface area contributed by atoms with Crippen molar-refractivity contribution in [3.63, 3.8) is 0 Å². The standard InChI is InChI=1S/C8H12/c1-3-6-7-4-5(2)8(6)7/h5,8H,3-4H2,1-2H3. The van der Waals surface area contributed by atoms with Gasteiger partial charge >= 0.3 is 0 Å². The van der Waals surface area contributed by atoms with Gasteiger partial charge in [0.2, 0.25) is 0 Å². The van der Waals surface area contributed by atoms with Crippen molar-refractivity contribution >= 4 is 0 Å². The summed E-state index contributed by atoms with van der Waals surface area (Å²) in [6, 6.07) is 0. The molecule has 1 saturated carbocycles. The second-order valence-electron chi connectivity index (χ2n) is 3.06. The Morgan fingerprint density at radius 2 is 2.38 bits per heavy atom. The molecule has 0 N–H and O–H groups in total. The maximum atomic E-state index is 2.36. The fourth-order valence-electron chi connectivity index (χ4n) is 2.04. The van der Waals surface area contributed by atoms with Gasteiger partial charge < -0.3 is 0 Å². The average molecular weight is 108 g/mol. The summed E-state index contributed by atoms with van der Waals surface area (Å²) in [6.45, 7) is 4.63. The molecule has 44 valence electrons. The van der Waals surface area contributed by atoms with E-state index in [9.17, 15) is 0 Å². The Kier molecular flexibility index (Phi) is 0.677. The fourth-order valence-corrected chi connectivity index (χ4v) is 2.04. The van der Waals surface area contributed by atoms with Gasteiger partial charge in [0.1, 0.15) is 0 Å². The highest BCUT2D eigenvalue weighted by Gasteiger charge is 2.47. The molecule has 0 bridgehead atoms. The van der Waals surface area contributed by atoms with Gasteiger partial charge in [-0.05, 0) is 18.8 Å². The normalized spacial score (nSPS) is 41.2. The summed E-state index contributed by atoms with van der Waals surface area (Å²) in [7, 11) is 0. The van der Waals surface area contributed by atoms with E-state index in [-0.39, 0.29) is 0 Å². The van der Waals surface area contributed by atoms with E-state index in [1.54, 1.807) is 11.1 Å². The zero-order valence-electron chi connectivity index (χ0n) is 5.57. The quantitative estimate of drug-likeness (QED) is 0.452. The lowest BCUT2D eigenvalue weighted by Gasteiger charge is -2.19. The number of hydrogen-bond donors (Lipinski definition) is 0. The van der Waals surface area contributed by atoms with Gasteiger partial charge in [-0.1, -0.05) is 25.0 Å². The zero-order valence-corrected chi connectivity index (χ0v) is 5.57. The topological polar surface area (TPSA) is 0 Å². The minimum absolute atomic E-state index is 1.01. The number of hydrogen-bond acceptors (Lipinski definition) is 0. The van der Waals surface area contributed by atoms with Crippen LogP contribution in [0.15, 0.2) is 11.1 Å². The first kappa shape index (κ1) is 4.60. The van der Waals surface area contributed by atoms with Crippen molar-refractivity contribution in [2.75, 3.05) is 0 Å². The molecule has 8 heavy (non-hydrogen) atoms. The van der Waals surface area contributed by atoms with Gasteiger partial charge in [0.15, 0.2) is 0 Å². The molecule has 0 heteroatoms. The van der Waals surface area contributed by atoms with Crippen LogP contribution in [0.1, 0.15) is 26.7 Å². The first-order valence-corrected chi connectivity index (χ1v) is 3.56. The summed E-state index contributed by atoms with van der Waals surface area (Å²) >= 11 is 0. The van der Waals surface area contributed by atoms with Crippen LogP contribution >= 0.6 is 0 Å². The van der Waals surface area contributed by atoms with E-state index in [0.29, 0.717) is 0 Å². The molecule has 2 atom stereocenters. The van der Waals surface area contributed by atoms with Gasteiger partial charge in [0.25, 0.3) is 0 Å². The van der Waals surface area contributed by atoms with Crippen LogP contribution < -0.4 is 0 Å². The minimum Gasteiger partial charge on any atom is -0.0632 e. The van der Waals surface area contributed by atoms with Crippen molar-refractivity contribution in [2.45, 2.75) is 26.7 Å². The number of rotatable bonds is 1. The van der Waals surface area contributed by atoms with Crippen molar-refractivity contribution < 1.29 is 0 Å². The molecule has 0 nitrogen and oxygen atoms in total. The van der Waals surface area contributed by atoms with Crippen molar-refractivity contribution in [3.05, 3.63) is 11.1 Å². The van der Waals surface area contributed by atoms with Crippen molar-refractivity contribution in [3.8, 4) is 0 Å². The van der Waals surface area contributed by atoms with Crippen LogP contribution in [0, 0.1) is 11.8 Å². The highest BCUT2D eigenvalue weighted by Crippen LogP contribution is 2.59. The Morgan fingerprint density at radius 1 is 1.62 bits per heavy atom. The monoisotopic (exact) mass is 108 g/mol. The molecular formula is C8H12. The molecule has 0 amide bonds. The smallest absolute Gasteiger partial charge is 0.00414 e. The molecule has 2 aliphatic rings. The number of fused-ring (bicyclic) bond motifs is 1. The summed E-state index contributed by atoms with van der Waals surface area (Å²) in [4.78, 5) is 0. The van der Waals surface area contributed by atoms with E-state index < -0.39 is 0 Å². The van der Waals surface area contributed by atoms with Crippen LogP contribution in [-0.2, 0) is 0 Å². The van der Waals surface area contributed by atoms with E-state index in [0.717, 1.165) is 11.8 Å². The van der Waals surface area contributed by atoms with E-state index in [1.165, 1.54) is 12.8 Å². The third-order valence-corrected chi connectivity index (χ3v) is 2.57. The Balaban J connectivity index is 2.06. The third kappa shape index (κ3) is 0.331. The SMILES string of the molecule is CCC1=C2CC(C)C12. The Hall–Kier alpha value is -0.260. The molecule has 0 radical (unpaired) electrons. The molecule has 0 aromatic carbocycles. The Labute approximate surface area is 50.6 Å². The molecule has 0 aliphatic heterocycles. The second-order valence-corrected chi connectivity index (χ2v) is 3.06. The van der Waals surface area contributed by atoms with Gasteiger partial charge in [0, 0.05) is 5.92 Å². The van der Waals surface area contributed by atoms with Gasteiger partial charge in [0.05, 0.1) is 0 Å². The average Bonchev–Trinajstić information content (AvgIpc) is 2.34. The van der Waals surface area contributed by atoms with E-state index >= 15 is 0 Å². The van der Waals surface area contributed by atoms with Crippen molar-refractivity contribution in [1.82, 2.24) is 0 Å². The van der Waals surface area contributed by atoms with Crippen LogP contribution in [0.2, 0.25) is 0 Å². The molecule has 2 rings (SSSR count). The van der Waals surface area contributed by atoms with Gasteiger partial charge in [-0.3, -0.25) is 0 Å². The van der Waals surface area contributed by atoms with E-state index in [4.69, 9.17) is 0 Å². The lowest BCUT2D eigenvalue weighted by molar-refractivity contribution is 0.430. The van der Waals surface area contributed by atoms with Crippen LogP contribution in [0.3, 0.4) is 0 Å².